The SMILES string of the molecule is CC(C)Oc1ccc(C(=O)NC2(CO)CCC2)cc1. The van der Waals surface area contributed by atoms with E-state index in [0.717, 1.165) is 25.0 Å². The van der Waals surface area contributed by atoms with Crippen molar-refractivity contribution in [1.29, 1.82) is 0 Å². The van der Waals surface area contributed by atoms with E-state index < -0.39 is 5.54 Å². The minimum absolute atomic E-state index is 0.00723. The van der Waals surface area contributed by atoms with Crippen molar-refractivity contribution < 1.29 is 14.6 Å². The number of ether oxygens (including phenoxy) is 1. The lowest BCUT2D eigenvalue weighted by atomic mass is 9.77. The fourth-order valence-corrected chi connectivity index (χ4v) is 2.20. The quantitative estimate of drug-likeness (QED) is 0.855. The van der Waals surface area contributed by atoms with Gasteiger partial charge in [-0.05, 0) is 57.4 Å². The maximum absolute atomic E-state index is 12.1. The van der Waals surface area contributed by atoms with Gasteiger partial charge in [0.05, 0.1) is 18.2 Å². The third-order valence-corrected chi connectivity index (χ3v) is 3.48. The number of nitrogens with one attached hydrogen (secondary N) is 1. The largest absolute Gasteiger partial charge is 0.491 e. The van der Waals surface area contributed by atoms with Gasteiger partial charge in [0.2, 0.25) is 0 Å². The van der Waals surface area contributed by atoms with E-state index >= 15 is 0 Å². The summed E-state index contributed by atoms with van der Waals surface area (Å²) in [6, 6.07) is 7.08. The zero-order valence-corrected chi connectivity index (χ0v) is 11.5. The summed E-state index contributed by atoms with van der Waals surface area (Å²) in [6.07, 6.45) is 2.88. The molecule has 19 heavy (non-hydrogen) atoms. The van der Waals surface area contributed by atoms with Crippen molar-refractivity contribution in [3.63, 3.8) is 0 Å². The maximum atomic E-state index is 12.1. The van der Waals surface area contributed by atoms with Crippen LogP contribution in [-0.2, 0) is 0 Å². The Morgan fingerprint density at radius 2 is 2.00 bits per heavy atom. The van der Waals surface area contributed by atoms with Crippen LogP contribution < -0.4 is 10.1 Å². The Morgan fingerprint density at radius 3 is 2.42 bits per heavy atom. The van der Waals surface area contributed by atoms with Crippen LogP contribution in [0.25, 0.3) is 0 Å². The second-order valence-corrected chi connectivity index (χ2v) is 5.44. The predicted molar refractivity (Wildman–Crippen MR) is 73.3 cm³/mol. The van der Waals surface area contributed by atoms with Crippen LogP contribution in [0.2, 0.25) is 0 Å². The van der Waals surface area contributed by atoms with E-state index in [-0.39, 0.29) is 18.6 Å². The molecule has 0 heterocycles. The number of amides is 1. The summed E-state index contributed by atoms with van der Waals surface area (Å²) in [7, 11) is 0. The number of aliphatic hydroxyl groups is 1. The van der Waals surface area contributed by atoms with Crippen molar-refractivity contribution in [3.8, 4) is 5.75 Å². The first kappa shape index (κ1) is 13.9. The monoisotopic (exact) mass is 263 g/mol. The highest BCUT2D eigenvalue weighted by Gasteiger charge is 2.37. The Kier molecular flexibility index (Phi) is 4.10. The van der Waals surface area contributed by atoms with E-state index in [1.165, 1.54) is 0 Å². The van der Waals surface area contributed by atoms with Gasteiger partial charge in [-0.2, -0.15) is 0 Å². The molecule has 1 aromatic rings. The Hall–Kier alpha value is -1.55. The fraction of sp³-hybridized carbons (Fsp3) is 0.533. The number of aliphatic hydroxyl groups excluding tert-OH is 1. The van der Waals surface area contributed by atoms with Crippen molar-refractivity contribution in [1.82, 2.24) is 5.32 Å². The molecule has 4 heteroatoms. The highest BCUT2D eigenvalue weighted by molar-refractivity contribution is 5.94. The molecular weight excluding hydrogens is 242 g/mol. The van der Waals surface area contributed by atoms with E-state index in [2.05, 4.69) is 5.32 Å². The summed E-state index contributed by atoms with van der Waals surface area (Å²) in [5.74, 6) is 0.622. The van der Waals surface area contributed by atoms with E-state index in [0.29, 0.717) is 5.56 Å². The zero-order chi connectivity index (χ0) is 13.9. The molecule has 1 fully saturated rings. The zero-order valence-electron chi connectivity index (χ0n) is 11.5. The van der Waals surface area contributed by atoms with Gasteiger partial charge in [-0.15, -0.1) is 0 Å². The Bertz CT molecular complexity index is 430. The lowest BCUT2D eigenvalue weighted by Crippen LogP contribution is -2.56. The molecule has 0 unspecified atom stereocenters. The molecule has 1 aliphatic rings. The Labute approximate surface area is 113 Å². The van der Waals surface area contributed by atoms with Gasteiger partial charge in [0.25, 0.3) is 5.91 Å². The first-order valence-electron chi connectivity index (χ1n) is 6.75. The molecule has 104 valence electrons. The summed E-state index contributed by atoms with van der Waals surface area (Å²) in [4.78, 5) is 12.1. The lowest BCUT2D eigenvalue weighted by molar-refractivity contribution is 0.0641. The first-order chi connectivity index (χ1) is 9.04. The fourth-order valence-electron chi connectivity index (χ4n) is 2.20. The van der Waals surface area contributed by atoms with Gasteiger partial charge in [-0.3, -0.25) is 4.79 Å². The second kappa shape index (κ2) is 5.61. The average Bonchev–Trinajstić information content (AvgIpc) is 2.34. The number of carbonyl (C=O) groups excluding carboxylic acids is 1. The second-order valence-electron chi connectivity index (χ2n) is 5.44. The maximum Gasteiger partial charge on any atom is 0.251 e. The summed E-state index contributed by atoms with van der Waals surface area (Å²) in [6.45, 7) is 3.93. The molecule has 0 aromatic heterocycles. The van der Waals surface area contributed by atoms with Crippen molar-refractivity contribution in [2.75, 3.05) is 6.61 Å². The summed E-state index contributed by atoms with van der Waals surface area (Å²) >= 11 is 0. The molecule has 0 spiro atoms. The molecule has 4 nitrogen and oxygen atoms in total. The van der Waals surface area contributed by atoms with Crippen LogP contribution in [0.15, 0.2) is 24.3 Å². The van der Waals surface area contributed by atoms with E-state index in [4.69, 9.17) is 4.74 Å². The van der Waals surface area contributed by atoms with E-state index in [1.807, 2.05) is 13.8 Å². The van der Waals surface area contributed by atoms with Crippen molar-refractivity contribution in [3.05, 3.63) is 29.8 Å². The summed E-state index contributed by atoms with van der Waals surface area (Å²) in [5, 5.41) is 12.3. The normalized spacial score (nSPS) is 16.8. The van der Waals surface area contributed by atoms with Gasteiger partial charge in [0, 0.05) is 5.56 Å². The topological polar surface area (TPSA) is 58.6 Å². The van der Waals surface area contributed by atoms with Crippen molar-refractivity contribution in [2.45, 2.75) is 44.8 Å². The predicted octanol–water partition coefficient (Wildman–Crippen LogP) is 2.12. The molecule has 2 rings (SSSR count). The van der Waals surface area contributed by atoms with Gasteiger partial charge in [-0.1, -0.05) is 0 Å². The molecule has 0 radical (unpaired) electrons. The summed E-state index contributed by atoms with van der Waals surface area (Å²) in [5.41, 5.74) is 0.195. The highest BCUT2D eigenvalue weighted by atomic mass is 16.5. The minimum Gasteiger partial charge on any atom is -0.491 e. The van der Waals surface area contributed by atoms with Gasteiger partial charge < -0.3 is 15.2 Å². The van der Waals surface area contributed by atoms with Crippen LogP contribution in [0.3, 0.4) is 0 Å². The van der Waals surface area contributed by atoms with Crippen LogP contribution in [0.4, 0.5) is 0 Å². The highest BCUT2D eigenvalue weighted by Crippen LogP contribution is 2.31. The third-order valence-electron chi connectivity index (χ3n) is 3.48. The smallest absolute Gasteiger partial charge is 0.251 e. The van der Waals surface area contributed by atoms with Gasteiger partial charge in [0.15, 0.2) is 0 Å². The first-order valence-corrected chi connectivity index (χ1v) is 6.75. The van der Waals surface area contributed by atoms with Gasteiger partial charge >= 0.3 is 0 Å². The summed E-state index contributed by atoms with van der Waals surface area (Å²) < 4.78 is 5.53. The molecule has 1 aromatic carbocycles. The lowest BCUT2D eigenvalue weighted by Gasteiger charge is -2.40. The third kappa shape index (κ3) is 3.26. The molecule has 2 N–H and O–H groups in total. The number of rotatable bonds is 5. The molecule has 1 aliphatic carbocycles. The Morgan fingerprint density at radius 1 is 1.37 bits per heavy atom. The molecule has 0 aliphatic heterocycles. The number of hydrogen-bond acceptors (Lipinski definition) is 3. The average molecular weight is 263 g/mol. The van der Waals surface area contributed by atoms with E-state index in [9.17, 15) is 9.90 Å². The molecule has 1 saturated carbocycles. The van der Waals surface area contributed by atoms with Crippen LogP contribution in [0.5, 0.6) is 5.75 Å². The van der Waals surface area contributed by atoms with E-state index in [1.54, 1.807) is 24.3 Å². The van der Waals surface area contributed by atoms with Crippen LogP contribution in [-0.4, -0.2) is 29.3 Å². The van der Waals surface area contributed by atoms with Crippen LogP contribution in [0, 0.1) is 0 Å². The van der Waals surface area contributed by atoms with Gasteiger partial charge in [-0.25, -0.2) is 0 Å². The van der Waals surface area contributed by atoms with Crippen LogP contribution >= 0.6 is 0 Å². The Balaban J connectivity index is 1.99. The van der Waals surface area contributed by atoms with Crippen molar-refractivity contribution in [2.24, 2.45) is 0 Å². The number of hydrogen-bond donors (Lipinski definition) is 2. The van der Waals surface area contributed by atoms with Crippen LogP contribution in [0.1, 0.15) is 43.5 Å². The van der Waals surface area contributed by atoms with Crippen molar-refractivity contribution >= 4 is 5.91 Å². The minimum atomic E-state index is -0.399. The molecule has 0 atom stereocenters. The standard InChI is InChI=1S/C15H21NO3/c1-11(2)19-13-6-4-12(5-7-13)14(18)16-15(10-17)8-3-9-15/h4-7,11,17H,3,8-10H2,1-2H3,(H,16,18). The molecule has 0 bridgehead atoms. The van der Waals surface area contributed by atoms with Gasteiger partial charge in [0.1, 0.15) is 5.75 Å². The number of carbonyl (C=O) groups is 1. The molecular formula is C15H21NO3. The molecule has 0 saturated heterocycles. The molecule has 1 amide bonds. The number of benzene rings is 1.